The molecule has 0 bridgehead atoms. The van der Waals surface area contributed by atoms with E-state index < -0.39 is 0 Å². The van der Waals surface area contributed by atoms with E-state index in [0.29, 0.717) is 6.61 Å². The van der Waals surface area contributed by atoms with Crippen LogP contribution in [0.4, 0.5) is 0 Å². The Hall–Kier alpha value is -1.55. The van der Waals surface area contributed by atoms with Crippen molar-refractivity contribution in [2.75, 3.05) is 13.2 Å². The van der Waals surface area contributed by atoms with Crippen molar-refractivity contribution >= 4 is 11.0 Å². The lowest BCUT2D eigenvalue weighted by Gasteiger charge is -2.00. The maximum Gasteiger partial charge on any atom is 0.121 e. The van der Waals surface area contributed by atoms with Crippen molar-refractivity contribution in [3.63, 3.8) is 0 Å². The highest BCUT2D eigenvalue weighted by Gasteiger charge is 2.03. The summed E-state index contributed by atoms with van der Waals surface area (Å²) in [6.45, 7) is 2.88. The first-order valence-corrected chi connectivity index (χ1v) is 6.05. The smallest absolute Gasteiger partial charge is 0.121 e. The van der Waals surface area contributed by atoms with Crippen LogP contribution < -0.4 is 4.74 Å². The first-order chi connectivity index (χ1) is 8.33. The van der Waals surface area contributed by atoms with Crippen molar-refractivity contribution in [1.82, 2.24) is 9.97 Å². The van der Waals surface area contributed by atoms with E-state index in [2.05, 4.69) is 9.97 Å². The fourth-order valence-corrected chi connectivity index (χ4v) is 1.82. The Morgan fingerprint density at radius 3 is 3.00 bits per heavy atom. The van der Waals surface area contributed by atoms with Crippen molar-refractivity contribution in [2.24, 2.45) is 0 Å². The summed E-state index contributed by atoms with van der Waals surface area (Å²) in [6.07, 6.45) is 2.65. The van der Waals surface area contributed by atoms with E-state index in [1.54, 1.807) is 0 Å². The number of ether oxygens (including phenoxy) is 1. The lowest BCUT2D eigenvalue weighted by Crippen LogP contribution is -1.90. The summed E-state index contributed by atoms with van der Waals surface area (Å²) in [5.41, 5.74) is 1.97. The largest absolute Gasteiger partial charge is 0.494 e. The molecule has 0 saturated carbocycles. The molecule has 0 aliphatic rings. The Kier molecular flexibility index (Phi) is 3.98. The summed E-state index contributed by atoms with van der Waals surface area (Å²) in [6, 6.07) is 5.87. The molecule has 1 aromatic heterocycles. The topological polar surface area (TPSA) is 58.1 Å². The van der Waals surface area contributed by atoms with Crippen molar-refractivity contribution in [3.8, 4) is 5.75 Å². The molecule has 2 rings (SSSR count). The number of nitrogens with zero attached hydrogens (tertiary/aromatic N) is 1. The van der Waals surface area contributed by atoms with E-state index in [1.807, 2.05) is 25.1 Å². The molecule has 0 unspecified atom stereocenters. The maximum atomic E-state index is 8.73. The predicted molar refractivity (Wildman–Crippen MR) is 67.3 cm³/mol. The molecule has 0 spiro atoms. The lowest BCUT2D eigenvalue weighted by atomic mass is 10.2. The Labute approximate surface area is 101 Å². The quantitative estimate of drug-likeness (QED) is 0.754. The van der Waals surface area contributed by atoms with Gasteiger partial charge < -0.3 is 14.8 Å². The Balaban J connectivity index is 2.12. The molecule has 0 atom stereocenters. The number of aliphatic hydroxyl groups is 1. The van der Waals surface area contributed by atoms with Crippen LogP contribution >= 0.6 is 0 Å². The van der Waals surface area contributed by atoms with E-state index in [0.717, 1.165) is 41.9 Å². The van der Waals surface area contributed by atoms with Crippen LogP contribution in [-0.4, -0.2) is 28.3 Å². The van der Waals surface area contributed by atoms with Crippen LogP contribution in [-0.2, 0) is 6.42 Å². The lowest BCUT2D eigenvalue weighted by molar-refractivity contribution is 0.284. The number of aromatic nitrogens is 2. The minimum atomic E-state index is 0.245. The van der Waals surface area contributed by atoms with Gasteiger partial charge in [0, 0.05) is 19.1 Å². The van der Waals surface area contributed by atoms with E-state index in [9.17, 15) is 0 Å². The van der Waals surface area contributed by atoms with Gasteiger partial charge >= 0.3 is 0 Å². The van der Waals surface area contributed by atoms with E-state index >= 15 is 0 Å². The molecule has 4 nitrogen and oxygen atoms in total. The molecule has 4 heteroatoms. The average molecular weight is 234 g/mol. The number of rotatable bonds is 6. The number of nitrogens with one attached hydrogen (secondary N) is 1. The molecule has 92 valence electrons. The summed E-state index contributed by atoms with van der Waals surface area (Å²) in [4.78, 5) is 7.77. The number of imidazole rings is 1. The number of aromatic amines is 1. The third kappa shape index (κ3) is 2.97. The van der Waals surface area contributed by atoms with Crippen LogP contribution in [0.1, 0.15) is 25.6 Å². The predicted octanol–water partition coefficient (Wildman–Crippen LogP) is 2.28. The van der Waals surface area contributed by atoms with Crippen LogP contribution in [0.5, 0.6) is 5.75 Å². The minimum absolute atomic E-state index is 0.245. The van der Waals surface area contributed by atoms with Gasteiger partial charge in [-0.1, -0.05) is 0 Å². The zero-order valence-electron chi connectivity index (χ0n) is 10.1. The van der Waals surface area contributed by atoms with Gasteiger partial charge in [0.2, 0.25) is 0 Å². The number of H-pyrrole nitrogens is 1. The first kappa shape index (κ1) is 11.9. The number of aryl methyl sites for hydroxylation is 1. The zero-order chi connectivity index (χ0) is 12.1. The standard InChI is InChI=1S/C13H18N2O2/c1-2-17-10-6-7-11-12(9-10)15-13(14-11)5-3-4-8-16/h6-7,9,16H,2-5,8H2,1H3,(H,14,15). The molecule has 0 aliphatic heterocycles. The molecule has 1 aromatic carbocycles. The number of fused-ring (bicyclic) bond motifs is 1. The van der Waals surface area contributed by atoms with E-state index in [4.69, 9.17) is 9.84 Å². The van der Waals surface area contributed by atoms with Crippen LogP contribution in [0.3, 0.4) is 0 Å². The molecule has 0 aliphatic carbocycles. The molecular weight excluding hydrogens is 216 g/mol. The Morgan fingerprint density at radius 2 is 2.24 bits per heavy atom. The fraction of sp³-hybridized carbons (Fsp3) is 0.462. The highest BCUT2D eigenvalue weighted by molar-refractivity contribution is 5.76. The van der Waals surface area contributed by atoms with Crippen molar-refractivity contribution in [3.05, 3.63) is 24.0 Å². The zero-order valence-corrected chi connectivity index (χ0v) is 10.1. The van der Waals surface area contributed by atoms with Gasteiger partial charge in [0.1, 0.15) is 11.6 Å². The molecule has 0 fully saturated rings. The molecule has 0 amide bonds. The van der Waals surface area contributed by atoms with Crippen molar-refractivity contribution in [1.29, 1.82) is 0 Å². The number of benzene rings is 1. The van der Waals surface area contributed by atoms with Gasteiger partial charge in [-0.05, 0) is 31.9 Å². The molecule has 0 radical (unpaired) electrons. The van der Waals surface area contributed by atoms with Gasteiger partial charge in [-0.15, -0.1) is 0 Å². The van der Waals surface area contributed by atoms with Crippen LogP contribution in [0.2, 0.25) is 0 Å². The average Bonchev–Trinajstić information content (AvgIpc) is 2.72. The van der Waals surface area contributed by atoms with Crippen molar-refractivity contribution in [2.45, 2.75) is 26.2 Å². The van der Waals surface area contributed by atoms with E-state index in [-0.39, 0.29) is 6.61 Å². The minimum Gasteiger partial charge on any atom is -0.494 e. The molecule has 0 saturated heterocycles. The number of unbranched alkanes of at least 4 members (excludes halogenated alkanes) is 1. The molecule has 2 aromatic rings. The summed E-state index contributed by atoms with van der Waals surface area (Å²) in [7, 11) is 0. The van der Waals surface area contributed by atoms with Gasteiger partial charge in [0.25, 0.3) is 0 Å². The summed E-state index contributed by atoms with van der Waals surface area (Å²) < 4.78 is 5.44. The second-order valence-electron chi connectivity index (χ2n) is 3.98. The Morgan fingerprint density at radius 1 is 1.35 bits per heavy atom. The van der Waals surface area contributed by atoms with Crippen LogP contribution in [0, 0.1) is 0 Å². The first-order valence-electron chi connectivity index (χ1n) is 6.05. The van der Waals surface area contributed by atoms with Crippen LogP contribution in [0.15, 0.2) is 18.2 Å². The number of hydrogen-bond acceptors (Lipinski definition) is 3. The second-order valence-corrected chi connectivity index (χ2v) is 3.98. The third-order valence-electron chi connectivity index (χ3n) is 2.64. The van der Waals surface area contributed by atoms with Gasteiger partial charge in [-0.25, -0.2) is 4.98 Å². The summed E-state index contributed by atoms with van der Waals surface area (Å²) in [5.74, 6) is 1.84. The SMILES string of the molecule is CCOc1ccc2nc(CCCCO)[nH]c2c1. The second kappa shape index (κ2) is 5.68. The van der Waals surface area contributed by atoms with Gasteiger partial charge in [0.15, 0.2) is 0 Å². The van der Waals surface area contributed by atoms with Crippen molar-refractivity contribution < 1.29 is 9.84 Å². The number of aliphatic hydroxyl groups excluding tert-OH is 1. The van der Waals surface area contributed by atoms with Gasteiger partial charge in [0.05, 0.1) is 17.6 Å². The molecular formula is C13H18N2O2. The Bertz CT molecular complexity index is 479. The van der Waals surface area contributed by atoms with E-state index in [1.165, 1.54) is 0 Å². The molecule has 17 heavy (non-hydrogen) atoms. The molecule has 1 heterocycles. The number of hydrogen-bond donors (Lipinski definition) is 2. The monoisotopic (exact) mass is 234 g/mol. The highest BCUT2D eigenvalue weighted by Crippen LogP contribution is 2.19. The van der Waals surface area contributed by atoms with Gasteiger partial charge in [-0.2, -0.15) is 0 Å². The molecule has 2 N–H and O–H groups in total. The normalized spacial score (nSPS) is 10.9. The van der Waals surface area contributed by atoms with Gasteiger partial charge in [-0.3, -0.25) is 0 Å². The fourth-order valence-electron chi connectivity index (χ4n) is 1.82. The highest BCUT2D eigenvalue weighted by atomic mass is 16.5. The van der Waals surface area contributed by atoms with Crippen LogP contribution in [0.25, 0.3) is 11.0 Å². The summed E-state index contributed by atoms with van der Waals surface area (Å²) in [5, 5.41) is 8.73. The summed E-state index contributed by atoms with van der Waals surface area (Å²) >= 11 is 0. The maximum absolute atomic E-state index is 8.73. The third-order valence-corrected chi connectivity index (χ3v) is 2.64.